The normalized spacial score (nSPS) is 14.4. The molecule has 1 aliphatic rings. The Morgan fingerprint density at radius 1 is 1.00 bits per heavy atom. The minimum absolute atomic E-state index is 0.111. The predicted octanol–water partition coefficient (Wildman–Crippen LogP) is 1.84. The molecule has 2 aromatic carbocycles. The van der Waals surface area contributed by atoms with Gasteiger partial charge in [-0.2, -0.15) is 5.10 Å². The molecule has 2 aromatic rings. The number of hydrogen-bond acceptors (Lipinski definition) is 4. The molecule has 1 aliphatic heterocycles. The van der Waals surface area contributed by atoms with Crippen LogP contribution in [0.25, 0.3) is 0 Å². The quantitative estimate of drug-likeness (QED) is 0.887. The molecule has 22 heavy (non-hydrogen) atoms. The minimum Gasteiger partial charge on any atom is -0.286 e. The highest BCUT2D eigenvalue weighted by molar-refractivity contribution is 6.04. The highest BCUT2D eigenvalue weighted by Crippen LogP contribution is 2.15. The van der Waals surface area contributed by atoms with Crippen LogP contribution < -0.4 is 10.9 Å². The summed E-state index contributed by atoms with van der Waals surface area (Å²) < 4.78 is 0. The number of hydrazine groups is 1. The lowest BCUT2D eigenvalue weighted by Crippen LogP contribution is -2.37. The van der Waals surface area contributed by atoms with Gasteiger partial charge in [0, 0.05) is 12.0 Å². The first kappa shape index (κ1) is 14.0. The molecule has 1 amide bonds. The van der Waals surface area contributed by atoms with Gasteiger partial charge in [-0.25, -0.2) is 0 Å². The van der Waals surface area contributed by atoms with Crippen LogP contribution in [0.5, 0.6) is 0 Å². The highest BCUT2D eigenvalue weighted by Gasteiger charge is 2.13. The first-order valence-electron chi connectivity index (χ1n) is 7.08. The van der Waals surface area contributed by atoms with Crippen molar-refractivity contribution in [2.24, 2.45) is 10.2 Å². The van der Waals surface area contributed by atoms with Gasteiger partial charge in [0.25, 0.3) is 0 Å². The van der Waals surface area contributed by atoms with Gasteiger partial charge >= 0.3 is 0 Å². The lowest BCUT2D eigenvalue weighted by molar-refractivity contribution is -0.120. The molecule has 0 aliphatic carbocycles. The molecule has 1 heterocycles. The number of hydrogen-bond donors (Lipinski definition) is 2. The van der Waals surface area contributed by atoms with E-state index in [1.54, 1.807) is 0 Å². The average Bonchev–Trinajstić information content (AvgIpc) is 2.55. The zero-order valence-corrected chi connectivity index (χ0v) is 12.0. The molecule has 0 radical (unpaired) electrons. The predicted molar refractivity (Wildman–Crippen MR) is 86.6 cm³/mol. The van der Waals surface area contributed by atoms with E-state index in [1.807, 2.05) is 42.5 Å². The van der Waals surface area contributed by atoms with E-state index in [2.05, 4.69) is 33.2 Å². The van der Waals surface area contributed by atoms with E-state index in [-0.39, 0.29) is 5.91 Å². The number of carbonyl (C=O) groups excluding carboxylic acids is 1. The minimum atomic E-state index is -0.111. The summed E-state index contributed by atoms with van der Waals surface area (Å²) in [5.41, 5.74) is 9.06. The van der Waals surface area contributed by atoms with Crippen LogP contribution in [0.15, 0.2) is 64.8 Å². The molecule has 0 bridgehead atoms. The van der Waals surface area contributed by atoms with E-state index in [0.717, 1.165) is 22.4 Å². The molecule has 0 atom stereocenters. The molecule has 2 N–H and O–H groups in total. The SMILES string of the molecule is O=C1Cc2ccccc2C(Cc2ccccc2)=NN=CNN1. The second-order valence-corrected chi connectivity index (χ2v) is 4.98. The Hall–Kier alpha value is -2.95. The molecule has 0 fully saturated rings. The van der Waals surface area contributed by atoms with Crippen molar-refractivity contribution in [2.75, 3.05) is 0 Å². The number of carbonyl (C=O) groups is 1. The number of amides is 1. The van der Waals surface area contributed by atoms with Crippen molar-refractivity contribution in [3.05, 3.63) is 71.3 Å². The maximum Gasteiger partial charge on any atom is 0.242 e. The zero-order chi connectivity index (χ0) is 15.2. The topological polar surface area (TPSA) is 65.8 Å². The summed E-state index contributed by atoms with van der Waals surface area (Å²) in [5, 5.41) is 8.30. The van der Waals surface area contributed by atoms with Gasteiger partial charge in [-0.1, -0.05) is 54.6 Å². The van der Waals surface area contributed by atoms with Crippen molar-refractivity contribution in [1.82, 2.24) is 10.9 Å². The lowest BCUT2D eigenvalue weighted by Gasteiger charge is -2.13. The third-order valence-electron chi connectivity index (χ3n) is 3.41. The van der Waals surface area contributed by atoms with Crippen LogP contribution in [0.1, 0.15) is 16.7 Å². The van der Waals surface area contributed by atoms with Crippen LogP contribution in [0.4, 0.5) is 0 Å². The third-order valence-corrected chi connectivity index (χ3v) is 3.41. The van der Waals surface area contributed by atoms with Crippen molar-refractivity contribution in [1.29, 1.82) is 0 Å². The fraction of sp³-hybridized carbons (Fsp3) is 0.118. The van der Waals surface area contributed by atoms with E-state index >= 15 is 0 Å². The second kappa shape index (κ2) is 6.67. The molecule has 0 saturated heterocycles. The van der Waals surface area contributed by atoms with Crippen LogP contribution in [0.2, 0.25) is 0 Å². The fourth-order valence-corrected chi connectivity index (χ4v) is 2.39. The summed E-state index contributed by atoms with van der Waals surface area (Å²) in [5.74, 6) is -0.111. The Bertz CT molecular complexity index is 722. The summed E-state index contributed by atoms with van der Waals surface area (Å²) in [6.07, 6.45) is 2.33. The summed E-state index contributed by atoms with van der Waals surface area (Å²) in [4.78, 5) is 11.9. The molecule has 0 unspecified atom stereocenters. The molecule has 0 aromatic heterocycles. The first-order valence-corrected chi connectivity index (χ1v) is 7.08. The summed E-state index contributed by atoms with van der Waals surface area (Å²) in [6.45, 7) is 0. The Morgan fingerprint density at radius 3 is 2.64 bits per heavy atom. The molecular formula is C17H16N4O. The van der Waals surface area contributed by atoms with Crippen LogP contribution in [0, 0.1) is 0 Å². The number of fused-ring (bicyclic) bond motifs is 1. The molecule has 110 valence electrons. The molecule has 5 heteroatoms. The number of rotatable bonds is 2. The number of benzene rings is 2. The van der Waals surface area contributed by atoms with Gasteiger partial charge in [-0.15, -0.1) is 5.10 Å². The zero-order valence-electron chi connectivity index (χ0n) is 12.0. The summed E-state index contributed by atoms with van der Waals surface area (Å²) >= 11 is 0. The van der Waals surface area contributed by atoms with Crippen LogP contribution in [-0.2, 0) is 17.6 Å². The van der Waals surface area contributed by atoms with Gasteiger partial charge < -0.3 is 0 Å². The lowest BCUT2D eigenvalue weighted by atomic mass is 9.96. The maximum atomic E-state index is 11.9. The van der Waals surface area contributed by atoms with Gasteiger partial charge in [0.2, 0.25) is 5.91 Å². The van der Waals surface area contributed by atoms with Crippen molar-refractivity contribution in [3.8, 4) is 0 Å². The maximum absolute atomic E-state index is 11.9. The summed E-state index contributed by atoms with van der Waals surface area (Å²) in [7, 11) is 0. The molecule has 0 saturated carbocycles. The van der Waals surface area contributed by atoms with Crippen molar-refractivity contribution in [3.63, 3.8) is 0 Å². The Balaban J connectivity index is 2.01. The van der Waals surface area contributed by atoms with E-state index in [0.29, 0.717) is 12.8 Å². The Morgan fingerprint density at radius 2 is 1.77 bits per heavy atom. The van der Waals surface area contributed by atoms with E-state index in [1.165, 1.54) is 6.34 Å². The standard InChI is InChI=1S/C17H16N4O/c22-17-11-14-8-4-5-9-15(14)16(20-18-12-19-21-17)10-13-6-2-1-3-7-13/h1-9,12H,10-11H2,(H,18,19)(H,21,22). The van der Waals surface area contributed by atoms with Crippen LogP contribution in [-0.4, -0.2) is 18.0 Å². The van der Waals surface area contributed by atoms with Crippen molar-refractivity contribution in [2.45, 2.75) is 12.8 Å². The third kappa shape index (κ3) is 3.38. The summed E-state index contributed by atoms with van der Waals surface area (Å²) in [6, 6.07) is 17.9. The fourth-order valence-electron chi connectivity index (χ4n) is 2.39. The first-order chi connectivity index (χ1) is 10.8. The molecular weight excluding hydrogens is 276 g/mol. The molecule has 0 spiro atoms. The smallest absolute Gasteiger partial charge is 0.242 e. The number of nitrogens with zero attached hydrogens (tertiary/aromatic N) is 2. The van der Waals surface area contributed by atoms with Gasteiger partial charge in [-0.3, -0.25) is 15.6 Å². The Kier molecular flexibility index (Phi) is 4.25. The highest BCUT2D eigenvalue weighted by atomic mass is 16.2. The van der Waals surface area contributed by atoms with Crippen LogP contribution >= 0.6 is 0 Å². The van der Waals surface area contributed by atoms with E-state index < -0.39 is 0 Å². The van der Waals surface area contributed by atoms with Gasteiger partial charge in [0.1, 0.15) is 6.34 Å². The molecule has 5 nitrogen and oxygen atoms in total. The Labute approximate surface area is 128 Å². The van der Waals surface area contributed by atoms with Crippen molar-refractivity contribution < 1.29 is 4.79 Å². The van der Waals surface area contributed by atoms with E-state index in [4.69, 9.17) is 0 Å². The average molecular weight is 292 g/mol. The van der Waals surface area contributed by atoms with Gasteiger partial charge in [-0.05, 0) is 11.1 Å². The van der Waals surface area contributed by atoms with Crippen molar-refractivity contribution >= 4 is 18.0 Å². The van der Waals surface area contributed by atoms with E-state index in [9.17, 15) is 4.79 Å². The van der Waals surface area contributed by atoms with Crippen LogP contribution in [0.3, 0.4) is 0 Å². The van der Waals surface area contributed by atoms with Gasteiger partial charge in [0.15, 0.2) is 0 Å². The largest absolute Gasteiger partial charge is 0.286 e. The monoisotopic (exact) mass is 292 g/mol. The van der Waals surface area contributed by atoms with Gasteiger partial charge in [0.05, 0.1) is 12.1 Å². The second-order valence-electron chi connectivity index (χ2n) is 4.98. The number of nitrogens with one attached hydrogen (secondary N) is 2. The molecule has 3 rings (SSSR count).